The Balaban J connectivity index is 1.77. The van der Waals surface area contributed by atoms with E-state index in [1.54, 1.807) is 0 Å². The summed E-state index contributed by atoms with van der Waals surface area (Å²) in [5, 5.41) is 3.98. The number of carbonyl (C=O) groups excluding carboxylic acids is 1. The lowest BCUT2D eigenvalue weighted by atomic mass is 10.0. The first-order valence-electron chi connectivity index (χ1n) is 8.62. The molecular weight excluding hydrogens is 310 g/mol. The minimum atomic E-state index is -0.207. The molecule has 1 heterocycles. The third kappa shape index (κ3) is 4.25. The van der Waals surface area contributed by atoms with Gasteiger partial charge in [-0.15, -0.1) is 0 Å². The van der Waals surface area contributed by atoms with Gasteiger partial charge < -0.3 is 10.2 Å². The summed E-state index contributed by atoms with van der Waals surface area (Å²) < 4.78 is 0. The maximum atomic E-state index is 13.0. The smallest absolute Gasteiger partial charge is 0.242 e. The van der Waals surface area contributed by atoms with Gasteiger partial charge in [0, 0.05) is 37.2 Å². The van der Waals surface area contributed by atoms with Crippen molar-refractivity contribution < 1.29 is 4.79 Å². The summed E-state index contributed by atoms with van der Waals surface area (Å²) in [6, 6.07) is 7.87. The van der Waals surface area contributed by atoms with E-state index in [4.69, 9.17) is 11.6 Å². The summed E-state index contributed by atoms with van der Waals surface area (Å²) >= 11 is 6.02. The number of nitrogens with one attached hydrogen (secondary N) is 1. The van der Waals surface area contributed by atoms with Crippen molar-refractivity contribution in [2.24, 2.45) is 0 Å². The molecule has 4 nitrogen and oxygen atoms in total. The summed E-state index contributed by atoms with van der Waals surface area (Å²) in [5.41, 5.74) is 1.04. The zero-order valence-electron chi connectivity index (χ0n) is 13.8. The molecule has 2 aliphatic rings. The molecule has 23 heavy (non-hydrogen) atoms. The van der Waals surface area contributed by atoms with Crippen LogP contribution in [0.25, 0.3) is 0 Å². The van der Waals surface area contributed by atoms with Crippen molar-refractivity contribution in [1.82, 2.24) is 15.1 Å². The van der Waals surface area contributed by atoms with E-state index < -0.39 is 0 Å². The van der Waals surface area contributed by atoms with Gasteiger partial charge in [-0.05, 0) is 37.6 Å². The highest BCUT2D eigenvalue weighted by Crippen LogP contribution is 2.26. The van der Waals surface area contributed by atoms with E-state index in [0.717, 1.165) is 44.6 Å². The molecule has 1 aromatic carbocycles. The van der Waals surface area contributed by atoms with Crippen LogP contribution in [-0.2, 0) is 4.79 Å². The average molecular weight is 336 g/mol. The van der Waals surface area contributed by atoms with E-state index in [-0.39, 0.29) is 11.9 Å². The number of carbonyl (C=O) groups is 1. The Morgan fingerprint density at radius 2 is 1.74 bits per heavy atom. The first-order valence-corrected chi connectivity index (χ1v) is 9.00. The minimum Gasteiger partial charge on any atom is -0.352 e. The molecule has 3 rings (SSSR count). The molecule has 0 spiro atoms. The van der Waals surface area contributed by atoms with Gasteiger partial charge in [-0.25, -0.2) is 0 Å². The molecule has 5 heteroatoms. The standard InChI is InChI=1S/C18H26ClN3O/c1-21-10-12-22(13-11-21)17(14-6-8-15(19)9-7-14)18(23)20-16-4-2-3-5-16/h6-9,16-17H,2-5,10-13H2,1H3,(H,20,23). The number of rotatable bonds is 4. The predicted molar refractivity (Wildman–Crippen MR) is 93.7 cm³/mol. The predicted octanol–water partition coefficient (Wildman–Crippen LogP) is 2.69. The van der Waals surface area contributed by atoms with Crippen molar-refractivity contribution in [3.05, 3.63) is 34.9 Å². The van der Waals surface area contributed by atoms with Crippen molar-refractivity contribution in [3.63, 3.8) is 0 Å². The molecule has 1 amide bonds. The van der Waals surface area contributed by atoms with Crippen LogP contribution in [0.5, 0.6) is 0 Å². The third-order valence-corrected chi connectivity index (χ3v) is 5.29. The molecule has 2 fully saturated rings. The molecule has 1 aromatic rings. The number of hydrogen-bond donors (Lipinski definition) is 1. The van der Waals surface area contributed by atoms with E-state index in [2.05, 4.69) is 22.2 Å². The molecule has 126 valence electrons. The third-order valence-electron chi connectivity index (χ3n) is 5.04. The van der Waals surface area contributed by atoms with Crippen LogP contribution >= 0.6 is 11.6 Å². The maximum absolute atomic E-state index is 13.0. The Labute approximate surface area is 143 Å². The van der Waals surface area contributed by atoms with Crippen LogP contribution in [0.4, 0.5) is 0 Å². The summed E-state index contributed by atoms with van der Waals surface area (Å²) in [6.45, 7) is 3.84. The zero-order valence-corrected chi connectivity index (χ0v) is 14.6. The zero-order chi connectivity index (χ0) is 16.2. The van der Waals surface area contributed by atoms with Gasteiger partial charge in [-0.2, -0.15) is 0 Å². The van der Waals surface area contributed by atoms with Crippen LogP contribution in [0, 0.1) is 0 Å². The van der Waals surface area contributed by atoms with E-state index in [1.807, 2.05) is 24.3 Å². The number of halogens is 1. The minimum absolute atomic E-state index is 0.142. The molecule has 1 aliphatic heterocycles. The number of benzene rings is 1. The molecule has 1 atom stereocenters. The topological polar surface area (TPSA) is 35.6 Å². The van der Waals surface area contributed by atoms with E-state index in [9.17, 15) is 4.79 Å². The normalized spacial score (nSPS) is 22.2. The molecule has 1 unspecified atom stereocenters. The highest BCUT2D eigenvalue weighted by molar-refractivity contribution is 6.30. The molecule has 1 aliphatic carbocycles. The molecule has 0 bridgehead atoms. The summed E-state index contributed by atoms with van der Waals surface area (Å²) in [4.78, 5) is 17.6. The summed E-state index contributed by atoms with van der Waals surface area (Å²) in [5.74, 6) is 0.142. The van der Waals surface area contributed by atoms with Gasteiger partial charge in [0.25, 0.3) is 0 Å². The Bertz CT molecular complexity index is 520. The number of likely N-dealkylation sites (N-methyl/N-ethyl adjacent to an activating group) is 1. The van der Waals surface area contributed by atoms with Gasteiger partial charge in [-0.1, -0.05) is 36.6 Å². The second-order valence-corrected chi connectivity index (χ2v) is 7.22. The van der Waals surface area contributed by atoms with Crippen LogP contribution < -0.4 is 5.32 Å². The molecule has 0 aromatic heterocycles. The van der Waals surface area contributed by atoms with Gasteiger partial charge in [-0.3, -0.25) is 9.69 Å². The molecule has 1 saturated heterocycles. The van der Waals surface area contributed by atoms with E-state index in [0.29, 0.717) is 11.1 Å². The van der Waals surface area contributed by atoms with Crippen molar-refractivity contribution in [2.45, 2.75) is 37.8 Å². The van der Waals surface area contributed by atoms with Gasteiger partial charge in [0.2, 0.25) is 5.91 Å². The second-order valence-electron chi connectivity index (χ2n) is 6.78. The van der Waals surface area contributed by atoms with E-state index >= 15 is 0 Å². The van der Waals surface area contributed by atoms with Crippen molar-refractivity contribution in [3.8, 4) is 0 Å². The van der Waals surface area contributed by atoms with Gasteiger partial charge in [0.05, 0.1) is 0 Å². The number of nitrogens with zero attached hydrogens (tertiary/aromatic N) is 2. The SMILES string of the molecule is CN1CCN(C(C(=O)NC2CCCC2)c2ccc(Cl)cc2)CC1. The first kappa shape index (κ1) is 16.7. The van der Waals surface area contributed by atoms with Crippen LogP contribution in [0.3, 0.4) is 0 Å². The lowest BCUT2D eigenvalue weighted by molar-refractivity contribution is -0.128. The number of piperazine rings is 1. The quantitative estimate of drug-likeness (QED) is 0.919. The Kier molecular flexibility index (Phi) is 5.57. The monoisotopic (exact) mass is 335 g/mol. The average Bonchev–Trinajstić information content (AvgIpc) is 3.04. The Hall–Kier alpha value is -1.10. The maximum Gasteiger partial charge on any atom is 0.242 e. The van der Waals surface area contributed by atoms with Crippen molar-refractivity contribution in [2.75, 3.05) is 33.2 Å². The Morgan fingerprint density at radius 3 is 2.35 bits per heavy atom. The fourth-order valence-electron chi connectivity index (χ4n) is 3.60. The van der Waals surface area contributed by atoms with Crippen LogP contribution in [0.2, 0.25) is 5.02 Å². The highest BCUT2D eigenvalue weighted by atomic mass is 35.5. The van der Waals surface area contributed by atoms with E-state index in [1.165, 1.54) is 12.8 Å². The first-order chi connectivity index (χ1) is 11.1. The van der Waals surface area contributed by atoms with Crippen LogP contribution in [0.1, 0.15) is 37.3 Å². The summed E-state index contributed by atoms with van der Waals surface area (Å²) in [7, 11) is 2.13. The van der Waals surface area contributed by atoms with Crippen molar-refractivity contribution >= 4 is 17.5 Å². The fraction of sp³-hybridized carbons (Fsp3) is 0.611. The molecule has 1 N–H and O–H groups in total. The van der Waals surface area contributed by atoms with Crippen LogP contribution in [-0.4, -0.2) is 55.0 Å². The van der Waals surface area contributed by atoms with Crippen molar-refractivity contribution in [1.29, 1.82) is 0 Å². The Morgan fingerprint density at radius 1 is 1.13 bits per heavy atom. The van der Waals surface area contributed by atoms with Gasteiger partial charge >= 0.3 is 0 Å². The largest absolute Gasteiger partial charge is 0.352 e. The van der Waals surface area contributed by atoms with Gasteiger partial charge in [0.15, 0.2) is 0 Å². The number of amides is 1. The number of hydrogen-bond acceptors (Lipinski definition) is 3. The van der Waals surface area contributed by atoms with Gasteiger partial charge in [0.1, 0.15) is 6.04 Å². The lowest BCUT2D eigenvalue weighted by Crippen LogP contribution is -2.51. The summed E-state index contributed by atoms with van der Waals surface area (Å²) in [6.07, 6.45) is 4.68. The molecule has 1 saturated carbocycles. The lowest BCUT2D eigenvalue weighted by Gasteiger charge is -2.37. The fourth-order valence-corrected chi connectivity index (χ4v) is 3.73. The molecule has 0 radical (unpaired) electrons. The molecular formula is C18H26ClN3O. The highest BCUT2D eigenvalue weighted by Gasteiger charge is 2.31. The van der Waals surface area contributed by atoms with Crippen LogP contribution in [0.15, 0.2) is 24.3 Å². The second kappa shape index (κ2) is 7.65.